The van der Waals surface area contributed by atoms with E-state index < -0.39 is 5.54 Å². The SMILES string of the molecule is CNC(C)(CC(C)N(CCC(C)C)C1CCCC1)C(N)=O. The second-order valence-electron chi connectivity index (χ2n) is 7.36. The van der Waals surface area contributed by atoms with Crippen LogP contribution in [0.25, 0.3) is 0 Å². The average Bonchev–Trinajstić information content (AvgIpc) is 2.92. The van der Waals surface area contributed by atoms with Crippen molar-refractivity contribution in [3.8, 4) is 0 Å². The summed E-state index contributed by atoms with van der Waals surface area (Å²) in [5.41, 5.74) is 4.97. The molecule has 1 amide bonds. The number of primary amides is 1. The zero-order valence-corrected chi connectivity index (χ0v) is 14.6. The number of hydrogen-bond donors (Lipinski definition) is 2. The smallest absolute Gasteiger partial charge is 0.237 e. The monoisotopic (exact) mass is 297 g/mol. The Morgan fingerprint density at radius 3 is 2.33 bits per heavy atom. The maximum absolute atomic E-state index is 11.7. The average molecular weight is 297 g/mol. The first-order valence-electron chi connectivity index (χ1n) is 8.54. The Morgan fingerprint density at radius 1 is 1.33 bits per heavy atom. The van der Waals surface area contributed by atoms with Crippen LogP contribution in [0.3, 0.4) is 0 Å². The number of carbonyl (C=O) groups is 1. The van der Waals surface area contributed by atoms with Crippen LogP contribution in [0.5, 0.6) is 0 Å². The van der Waals surface area contributed by atoms with E-state index in [1.54, 1.807) is 0 Å². The molecule has 0 aromatic heterocycles. The van der Waals surface area contributed by atoms with Gasteiger partial charge in [-0.1, -0.05) is 26.7 Å². The number of likely N-dealkylation sites (N-methyl/N-ethyl adjacent to an activating group) is 1. The molecule has 4 heteroatoms. The van der Waals surface area contributed by atoms with Gasteiger partial charge in [-0.15, -0.1) is 0 Å². The summed E-state index contributed by atoms with van der Waals surface area (Å²) in [4.78, 5) is 14.4. The molecule has 2 atom stereocenters. The van der Waals surface area contributed by atoms with E-state index in [2.05, 4.69) is 31.0 Å². The predicted octanol–water partition coefficient (Wildman–Crippen LogP) is 2.52. The van der Waals surface area contributed by atoms with Gasteiger partial charge in [0, 0.05) is 12.1 Å². The summed E-state index contributed by atoms with van der Waals surface area (Å²) in [6, 6.07) is 1.06. The van der Waals surface area contributed by atoms with Gasteiger partial charge in [-0.2, -0.15) is 0 Å². The highest BCUT2D eigenvalue weighted by Crippen LogP contribution is 2.28. The fourth-order valence-electron chi connectivity index (χ4n) is 3.44. The molecule has 1 rings (SSSR count). The van der Waals surface area contributed by atoms with Gasteiger partial charge in [0.25, 0.3) is 0 Å². The summed E-state index contributed by atoms with van der Waals surface area (Å²) in [5, 5.41) is 3.12. The molecule has 1 saturated carbocycles. The van der Waals surface area contributed by atoms with E-state index in [0.29, 0.717) is 18.0 Å². The Kier molecular flexibility index (Phi) is 7.14. The summed E-state index contributed by atoms with van der Waals surface area (Å²) < 4.78 is 0. The minimum atomic E-state index is -0.617. The van der Waals surface area contributed by atoms with Gasteiger partial charge in [0.05, 0.1) is 5.54 Å². The molecule has 0 heterocycles. The lowest BCUT2D eigenvalue weighted by molar-refractivity contribution is -0.124. The van der Waals surface area contributed by atoms with Gasteiger partial charge in [0.1, 0.15) is 0 Å². The summed E-state index contributed by atoms with van der Waals surface area (Å²) in [7, 11) is 1.82. The first kappa shape index (κ1) is 18.4. The van der Waals surface area contributed by atoms with Crippen LogP contribution in [0.4, 0.5) is 0 Å². The molecule has 1 fully saturated rings. The van der Waals surface area contributed by atoms with E-state index in [0.717, 1.165) is 13.0 Å². The molecule has 124 valence electrons. The van der Waals surface area contributed by atoms with E-state index in [4.69, 9.17) is 5.73 Å². The largest absolute Gasteiger partial charge is 0.368 e. The first-order valence-corrected chi connectivity index (χ1v) is 8.54. The van der Waals surface area contributed by atoms with Crippen molar-refractivity contribution in [2.45, 2.75) is 83.8 Å². The van der Waals surface area contributed by atoms with Crippen LogP contribution in [-0.2, 0) is 4.79 Å². The van der Waals surface area contributed by atoms with Crippen LogP contribution < -0.4 is 11.1 Å². The Hall–Kier alpha value is -0.610. The van der Waals surface area contributed by atoms with Gasteiger partial charge in [0.15, 0.2) is 0 Å². The molecule has 3 N–H and O–H groups in total. The Balaban J connectivity index is 2.73. The Labute approximate surface area is 130 Å². The minimum absolute atomic E-state index is 0.257. The number of nitrogens with one attached hydrogen (secondary N) is 1. The lowest BCUT2D eigenvalue weighted by Gasteiger charge is -2.39. The molecule has 1 aliphatic rings. The first-order chi connectivity index (χ1) is 9.80. The Bertz CT molecular complexity index is 326. The third kappa shape index (κ3) is 5.26. The standard InChI is InChI=1S/C17H35N3O/c1-13(2)10-11-20(15-8-6-7-9-15)14(3)12-17(4,19-5)16(18)21/h13-15,19H,6-12H2,1-5H3,(H2,18,21). The Morgan fingerprint density at radius 2 is 1.90 bits per heavy atom. The predicted molar refractivity (Wildman–Crippen MR) is 89.2 cm³/mol. The van der Waals surface area contributed by atoms with Crippen molar-refractivity contribution in [1.29, 1.82) is 0 Å². The van der Waals surface area contributed by atoms with Crippen LogP contribution in [-0.4, -0.2) is 42.0 Å². The summed E-state index contributed by atoms with van der Waals surface area (Å²) >= 11 is 0. The lowest BCUT2D eigenvalue weighted by atomic mass is 9.91. The summed E-state index contributed by atoms with van der Waals surface area (Å²) in [6.07, 6.45) is 7.27. The molecule has 0 saturated heterocycles. The van der Waals surface area contributed by atoms with Crippen LogP contribution in [0.1, 0.15) is 66.2 Å². The maximum Gasteiger partial charge on any atom is 0.237 e. The van der Waals surface area contributed by atoms with Crippen molar-refractivity contribution in [1.82, 2.24) is 10.2 Å². The summed E-state index contributed by atoms with van der Waals surface area (Å²) in [5.74, 6) is 0.458. The van der Waals surface area contributed by atoms with Crippen LogP contribution in [0.2, 0.25) is 0 Å². The molecule has 0 spiro atoms. The minimum Gasteiger partial charge on any atom is -0.368 e. The van der Waals surface area contributed by atoms with Crippen LogP contribution >= 0.6 is 0 Å². The van der Waals surface area contributed by atoms with Gasteiger partial charge >= 0.3 is 0 Å². The zero-order chi connectivity index (χ0) is 16.0. The van der Waals surface area contributed by atoms with E-state index >= 15 is 0 Å². The van der Waals surface area contributed by atoms with Crippen molar-refractivity contribution in [2.75, 3.05) is 13.6 Å². The molecule has 1 aliphatic carbocycles. The number of rotatable bonds is 9. The fourth-order valence-corrected chi connectivity index (χ4v) is 3.44. The van der Waals surface area contributed by atoms with Crippen molar-refractivity contribution in [3.63, 3.8) is 0 Å². The van der Waals surface area contributed by atoms with Gasteiger partial charge in [-0.05, 0) is 59.0 Å². The highest BCUT2D eigenvalue weighted by molar-refractivity contribution is 5.84. The van der Waals surface area contributed by atoms with E-state index in [1.807, 2.05) is 14.0 Å². The second-order valence-corrected chi connectivity index (χ2v) is 7.36. The van der Waals surface area contributed by atoms with Gasteiger partial charge in [-0.3, -0.25) is 9.69 Å². The molecule has 0 radical (unpaired) electrons. The molecule has 0 aromatic rings. The molecule has 21 heavy (non-hydrogen) atoms. The third-order valence-electron chi connectivity index (χ3n) is 5.12. The van der Waals surface area contributed by atoms with Crippen molar-refractivity contribution in [2.24, 2.45) is 11.7 Å². The van der Waals surface area contributed by atoms with Gasteiger partial charge in [-0.25, -0.2) is 0 Å². The number of nitrogens with zero attached hydrogens (tertiary/aromatic N) is 1. The summed E-state index contributed by atoms with van der Waals surface area (Å²) in [6.45, 7) is 9.84. The number of hydrogen-bond acceptors (Lipinski definition) is 3. The highest BCUT2D eigenvalue weighted by atomic mass is 16.1. The lowest BCUT2D eigenvalue weighted by Crippen LogP contribution is -2.56. The van der Waals surface area contributed by atoms with Crippen molar-refractivity contribution >= 4 is 5.91 Å². The van der Waals surface area contributed by atoms with E-state index in [9.17, 15) is 4.79 Å². The molecule has 0 bridgehead atoms. The van der Waals surface area contributed by atoms with E-state index in [1.165, 1.54) is 32.1 Å². The molecule has 0 aliphatic heterocycles. The second kappa shape index (κ2) is 8.14. The van der Waals surface area contributed by atoms with Crippen LogP contribution in [0.15, 0.2) is 0 Å². The molecule has 4 nitrogen and oxygen atoms in total. The highest BCUT2D eigenvalue weighted by Gasteiger charge is 2.35. The fraction of sp³-hybridized carbons (Fsp3) is 0.941. The molecule has 2 unspecified atom stereocenters. The molecular weight excluding hydrogens is 262 g/mol. The molecular formula is C17H35N3O. The van der Waals surface area contributed by atoms with Crippen molar-refractivity contribution in [3.05, 3.63) is 0 Å². The number of carbonyl (C=O) groups excluding carboxylic acids is 1. The van der Waals surface area contributed by atoms with Gasteiger partial charge in [0.2, 0.25) is 5.91 Å². The quantitative estimate of drug-likeness (QED) is 0.687. The number of amides is 1. The third-order valence-corrected chi connectivity index (χ3v) is 5.12. The normalized spacial score (nSPS) is 20.9. The van der Waals surface area contributed by atoms with Crippen molar-refractivity contribution < 1.29 is 4.79 Å². The topological polar surface area (TPSA) is 58.4 Å². The molecule has 0 aromatic carbocycles. The van der Waals surface area contributed by atoms with Crippen LogP contribution in [0, 0.1) is 5.92 Å². The van der Waals surface area contributed by atoms with E-state index in [-0.39, 0.29) is 5.91 Å². The van der Waals surface area contributed by atoms with Gasteiger partial charge < -0.3 is 11.1 Å². The maximum atomic E-state index is 11.7. The zero-order valence-electron chi connectivity index (χ0n) is 14.6. The number of nitrogens with two attached hydrogens (primary N) is 1.